The highest BCUT2D eigenvalue weighted by Gasteiger charge is 2.27. The first-order valence-electron chi connectivity index (χ1n) is 5.44. The molecule has 1 fully saturated rings. The summed E-state index contributed by atoms with van der Waals surface area (Å²) in [5.74, 6) is -0.304. The standard InChI is InChI=1S/C13H14FNO/c1-8-6-12(15-2)11(14)7-10(8)13(16)9-4-3-5-9/h6-7,9H,2-5H2,1H3. The van der Waals surface area contributed by atoms with E-state index in [1.165, 1.54) is 6.07 Å². The summed E-state index contributed by atoms with van der Waals surface area (Å²) in [6.07, 6.45) is 2.97. The molecule has 0 aliphatic heterocycles. The van der Waals surface area contributed by atoms with Crippen molar-refractivity contribution >= 4 is 18.2 Å². The highest BCUT2D eigenvalue weighted by Crippen LogP contribution is 2.32. The van der Waals surface area contributed by atoms with Crippen LogP contribution in [0, 0.1) is 18.7 Å². The molecule has 0 heterocycles. The van der Waals surface area contributed by atoms with Gasteiger partial charge in [0, 0.05) is 11.5 Å². The van der Waals surface area contributed by atoms with Gasteiger partial charge in [0.2, 0.25) is 0 Å². The molecule has 0 aromatic heterocycles. The molecular weight excluding hydrogens is 205 g/mol. The van der Waals surface area contributed by atoms with Crippen LogP contribution in [-0.2, 0) is 0 Å². The first-order chi connectivity index (χ1) is 7.63. The zero-order valence-electron chi connectivity index (χ0n) is 9.29. The second-order valence-electron chi connectivity index (χ2n) is 4.27. The summed E-state index contributed by atoms with van der Waals surface area (Å²) >= 11 is 0. The van der Waals surface area contributed by atoms with Crippen molar-refractivity contribution in [2.24, 2.45) is 10.9 Å². The Morgan fingerprint density at radius 1 is 1.50 bits per heavy atom. The topological polar surface area (TPSA) is 29.4 Å². The largest absolute Gasteiger partial charge is 0.294 e. The van der Waals surface area contributed by atoms with E-state index in [9.17, 15) is 9.18 Å². The molecule has 84 valence electrons. The Hall–Kier alpha value is -1.51. The van der Waals surface area contributed by atoms with Crippen molar-refractivity contribution in [3.05, 3.63) is 29.1 Å². The van der Waals surface area contributed by atoms with E-state index in [0.717, 1.165) is 24.8 Å². The van der Waals surface area contributed by atoms with E-state index in [4.69, 9.17) is 0 Å². The number of carbonyl (C=O) groups excluding carboxylic acids is 1. The maximum Gasteiger partial charge on any atom is 0.166 e. The van der Waals surface area contributed by atoms with E-state index >= 15 is 0 Å². The van der Waals surface area contributed by atoms with Crippen molar-refractivity contribution in [2.45, 2.75) is 26.2 Å². The average molecular weight is 219 g/mol. The quantitative estimate of drug-likeness (QED) is 0.565. The number of Topliss-reactive ketones (excluding diaryl/α,β-unsaturated/α-hetero) is 1. The monoisotopic (exact) mass is 219 g/mol. The fraction of sp³-hybridized carbons (Fsp3) is 0.385. The highest BCUT2D eigenvalue weighted by molar-refractivity contribution is 5.99. The number of hydrogen-bond acceptors (Lipinski definition) is 2. The number of rotatable bonds is 3. The van der Waals surface area contributed by atoms with Gasteiger partial charge in [0.1, 0.15) is 5.82 Å². The summed E-state index contributed by atoms with van der Waals surface area (Å²) in [6, 6.07) is 2.87. The lowest BCUT2D eigenvalue weighted by molar-refractivity contribution is 0.0854. The van der Waals surface area contributed by atoms with Crippen molar-refractivity contribution < 1.29 is 9.18 Å². The second kappa shape index (κ2) is 4.16. The van der Waals surface area contributed by atoms with Gasteiger partial charge in [0.15, 0.2) is 5.78 Å². The minimum absolute atomic E-state index is 0.0678. The first-order valence-corrected chi connectivity index (χ1v) is 5.44. The van der Waals surface area contributed by atoms with Crippen LogP contribution in [0.5, 0.6) is 0 Å². The van der Waals surface area contributed by atoms with Crippen LogP contribution in [0.2, 0.25) is 0 Å². The lowest BCUT2D eigenvalue weighted by Gasteiger charge is -2.24. The van der Waals surface area contributed by atoms with Crippen molar-refractivity contribution in [3.63, 3.8) is 0 Å². The van der Waals surface area contributed by atoms with Gasteiger partial charge >= 0.3 is 0 Å². The Bertz CT molecular complexity index is 449. The normalized spacial score (nSPS) is 15.6. The molecule has 1 saturated carbocycles. The average Bonchev–Trinajstić information content (AvgIpc) is 2.18. The van der Waals surface area contributed by atoms with Gasteiger partial charge < -0.3 is 0 Å². The molecule has 1 aromatic rings. The summed E-state index contributed by atoms with van der Waals surface area (Å²) in [5.41, 5.74) is 1.48. The molecule has 1 aliphatic carbocycles. The molecule has 0 N–H and O–H groups in total. The molecule has 0 amide bonds. The fourth-order valence-electron chi connectivity index (χ4n) is 1.94. The Kier molecular flexibility index (Phi) is 2.86. The molecule has 0 bridgehead atoms. The van der Waals surface area contributed by atoms with Crippen LogP contribution in [0.15, 0.2) is 17.1 Å². The Balaban J connectivity index is 2.37. The third-order valence-corrected chi connectivity index (χ3v) is 3.21. The smallest absolute Gasteiger partial charge is 0.166 e. The predicted molar refractivity (Wildman–Crippen MR) is 62.0 cm³/mol. The maximum atomic E-state index is 13.5. The minimum Gasteiger partial charge on any atom is -0.294 e. The van der Waals surface area contributed by atoms with Gasteiger partial charge in [-0.2, -0.15) is 0 Å². The molecule has 1 aliphatic rings. The van der Waals surface area contributed by atoms with E-state index in [-0.39, 0.29) is 17.4 Å². The molecule has 0 saturated heterocycles. The molecule has 0 unspecified atom stereocenters. The van der Waals surface area contributed by atoms with Crippen LogP contribution in [0.25, 0.3) is 0 Å². The van der Waals surface area contributed by atoms with Crippen LogP contribution in [0.4, 0.5) is 10.1 Å². The number of benzene rings is 1. The van der Waals surface area contributed by atoms with E-state index < -0.39 is 5.82 Å². The van der Waals surface area contributed by atoms with Crippen LogP contribution in [0.1, 0.15) is 35.2 Å². The van der Waals surface area contributed by atoms with Crippen LogP contribution >= 0.6 is 0 Å². The van der Waals surface area contributed by atoms with Crippen molar-refractivity contribution in [1.29, 1.82) is 0 Å². The van der Waals surface area contributed by atoms with E-state index in [1.807, 2.05) is 0 Å². The van der Waals surface area contributed by atoms with Gasteiger partial charge in [-0.25, -0.2) is 4.39 Å². The lowest BCUT2D eigenvalue weighted by atomic mass is 9.79. The van der Waals surface area contributed by atoms with Crippen molar-refractivity contribution in [1.82, 2.24) is 0 Å². The summed E-state index contributed by atoms with van der Waals surface area (Å²) in [4.78, 5) is 15.6. The summed E-state index contributed by atoms with van der Waals surface area (Å²) in [6.45, 7) is 5.10. The third kappa shape index (κ3) is 1.77. The van der Waals surface area contributed by atoms with E-state index in [0.29, 0.717) is 5.56 Å². The summed E-state index contributed by atoms with van der Waals surface area (Å²) in [5, 5.41) is 0. The van der Waals surface area contributed by atoms with Crippen LogP contribution < -0.4 is 0 Å². The Morgan fingerprint density at radius 3 is 2.69 bits per heavy atom. The molecule has 0 spiro atoms. The first kappa shape index (κ1) is 11.0. The molecule has 16 heavy (non-hydrogen) atoms. The van der Waals surface area contributed by atoms with Crippen LogP contribution in [-0.4, -0.2) is 12.5 Å². The molecule has 1 aromatic carbocycles. The molecule has 2 rings (SSSR count). The number of halogens is 1. The maximum absolute atomic E-state index is 13.5. The highest BCUT2D eigenvalue weighted by atomic mass is 19.1. The minimum atomic E-state index is -0.469. The zero-order chi connectivity index (χ0) is 11.7. The van der Waals surface area contributed by atoms with E-state index in [2.05, 4.69) is 11.7 Å². The molecule has 2 nitrogen and oxygen atoms in total. The Labute approximate surface area is 94.2 Å². The van der Waals surface area contributed by atoms with E-state index in [1.54, 1.807) is 13.0 Å². The van der Waals surface area contributed by atoms with Crippen LogP contribution in [0.3, 0.4) is 0 Å². The number of ketones is 1. The SMILES string of the molecule is C=Nc1cc(C)c(C(=O)C2CCC2)cc1F. The number of carbonyl (C=O) groups is 1. The fourth-order valence-corrected chi connectivity index (χ4v) is 1.94. The summed E-state index contributed by atoms with van der Waals surface area (Å²) < 4.78 is 13.5. The Morgan fingerprint density at radius 2 is 2.19 bits per heavy atom. The number of hydrogen-bond donors (Lipinski definition) is 0. The summed E-state index contributed by atoms with van der Waals surface area (Å²) in [7, 11) is 0. The van der Waals surface area contributed by atoms with Gasteiger partial charge in [-0.15, -0.1) is 0 Å². The van der Waals surface area contributed by atoms with Gasteiger partial charge in [0.25, 0.3) is 0 Å². The van der Waals surface area contributed by atoms with Crippen molar-refractivity contribution in [2.75, 3.05) is 0 Å². The van der Waals surface area contributed by atoms with Gasteiger partial charge in [-0.1, -0.05) is 6.42 Å². The molecule has 3 heteroatoms. The number of nitrogens with zero attached hydrogens (tertiary/aromatic N) is 1. The molecule has 0 atom stereocenters. The second-order valence-corrected chi connectivity index (χ2v) is 4.27. The lowest BCUT2D eigenvalue weighted by Crippen LogP contribution is -2.22. The number of aliphatic imine (C=N–C) groups is 1. The molecule has 0 radical (unpaired) electrons. The van der Waals surface area contributed by atoms with Gasteiger partial charge in [-0.05, 0) is 44.2 Å². The van der Waals surface area contributed by atoms with Crippen molar-refractivity contribution in [3.8, 4) is 0 Å². The zero-order valence-corrected chi connectivity index (χ0v) is 9.29. The van der Waals surface area contributed by atoms with Gasteiger partial charge in [-0.3, -0.25) is 9.79 Å². The predicted octanol–water partition coefficient (Wildman–Crippen LogP) is 3.45. The van der Waals surface area contributed by atoms with Gasteiger partial charge in [0.05, 0.1) is 5.69 Å². The number of aryl methyl sites for hydroxylation is 1. The molecular formula is C13H14FNO. The third-order valence-electron chi connectivity index (χ3n) is 3.21.